The van der Waals surface area contributed by atoms with Crippen molar-refractivity contribution in [1.82, 2.24) is 0 Å². The van der Waals surface area contributed by atoms with Crippen molar-refractivity contribution in [1.29, 1.82) is 0 Å². The summed E-state index contributed by atoms with van der Waals surface area (Å²) in [5.74, 6) is -0.776. The van der Waals surface area contributed by atoms with Crippen LogP contribution in [0.5, 0.6) is 0 Å². The predicted octanol–water partition coefficient (Wildman–Crippen LogP) is 7.66. The predicted molar refractivity (Wildman–Crippen MR) is 120 cm³/mol. The van der Waals surface area contributed by atoms with E-state index in [1.165, 1.54) is 83.3 Å². The smallest absolute Gasteiger partial charge is 0.378 e. The Hall–Kier alpha value is -1.71. The molecule has 0 fully saturated rings. The molecule has 166 valence electrons. The molecule has 4 nitrogen and oxygen atoms in total. The van der Waals surface area contributed by atoms with Gasteiger partial charge in [-0.2, -0.15) is 0 Å². The number of cyclic esters (lactones) is 1. The number of allylic oxidation sites excluding steroid dienone is 3. The van der Waals surface area contributed by atoms with Gasteiger partial charge >= 0.3 is 5.97 Å². The maximum absolute atomic E-state index is 11.7. The second-order valence-corrected chi connectivity index (χ2v) is 7.92. The number of aliphatic hydroxyl groups is 1. The first-order valence-corrected chi connectivity index (χ1v) is 11.8. The van der Waals surface area contributed by atoms with E-state index in [1.54, 1.807) is 13.0 Å². The average Bonchev–Trinajstić information content (AvgIpc) is 2.99. The summed E-state index contributed by atoms with van der Waals surface area (Å²) in [5, 5.41) is 10.0. The van der Waals surface area contributed by atoms with E-state index in [0.29, 0.717) is 6.42 Å². The normalized spacial score (nSPS) is 17.0. The summed E-state index contributed by atoms with van der Waals surface area (Å²) < 4.78 is 10.2. The van der Waals surface area contributed by atoms with Gasteiger partial charge in [0.15, 0.2) is 11.9 Å². The highest BCUT2D eigenvalue weighted by molar-refractivity contribution is 5.89. The van der Waals surface area contributed by atoms with Crippen molar-refractivity contribution < 1.29 is 19.4 Å². The molecule has 1 atom stereocenters. The molecule has 0 radical (unpaired) electrons. The quantitative estimate of drug-likeness (QED) is 0.110. The summed E-state index contributed by atoms with van der Waals surface area (Å²) in [6, 6.07) is 0. The number of unbranched alkanes of at least 4 members (excludes halogenated alkanes) is 12. The second kappa shape index (κ2) is 17.2. The van der Waals surface area contributed by atoms with E-state index < -0.39 is 12.1 Å². The Morgan fingerprint density at radius 3 is 2.03 bits per heavy atom. The molecule has 0 aromatic heterocycles. The lowest BCUT2D eigenvalue weighted by Crippen LogP contribution is -2.10. The van der Waals surface area contributed by atoms with Crippen LogP contribution in [0.25, 0.3) is 0 Å². The molecule has 0 aromatic rings. The molecule has 0 bridgehead atoms. The zero-order chi connectivity index (χ0) is 21.2. The van der Waals surface area contributed by atoms with E-state index in [2.05, 4.69) is 19.1 Å². The summed E-state index contributed by atoms with van der Waals surface area (Å²) in [5.41, 5.74) is 0. The van der Waals surface area contributed by atoms with Gasteiger partial charge in [-0.05, 0) is 32.6 Å². The number of aliphatic hydroxyl groups excluding tert-OH is 1. The molecule has 0 amide bonds. The average molecular weight is 407 g/mol. The van der Waals surface area contributed by atoms with Gasteiger partial charge in [-0.15, -0.1) is 0 Å². The molecule has 0 saturated heterocycles. The molecule has 29 heavy (non-hydrogen) atoms. The third-order valence-corrected chi connectivity index (χ3v) is 5.28. The van der Waals surface area contributed by atoms with Crippen molar-refractivity contribution in [2.75, 3.05) is 0 Å². The van der Waals surface area contributed by atoms with Crippen LogP contribution in [0.2, 0.25) is 0 Å². The Bertz CT molecular complexity index is 519. The van der Waals surface area contributed by atoms with Crippen molar-refractivity contribution in [2.45, 2.75) is 116 Å². The fraction of sp³-hybridized carbons (Fsp3) is 0.720. The highest BCUT2D eigenvalue weighted by Gasteiger charge is 2.35. The van der Waals surface area contributed by atoms with Crippen LogP contribution in [-0.4, -0.2) is 17.2 Å². The summed E-state index contributed by atoms with van der Waals surface area (Å²) in [4.78, 5) is 11.7. The van der Waals surface area contributed by atoms with Crippen LogP contribution >= 0.6 is 0 Å². The Labute approximate surface area is 178 Å². The van der Waals surface area contributed by atoms with Crippen molar-refractivity contribution in [3.8, 4) is 0 Å². The molecule has 1 rings (SSSR count). The van der Waals surface area contributed by atoms with Crippen LogP contribution in [0.4, 0.5) is 0 Å². The van der Waals surface area contributed by atoms with E-state index in [-0.39, 0.29) is 11.5 Å². The summed E-state index contributed by atoms with van der Waals surface area (Å²) in [6.45, 7) is 4.04. The molecule has 1 aliphatic rings. The van der Waals surface area contributed by atoms with E-state index in [1.807, 2.05) is 0 Å². The lowest BCUT2D eigenvalue weighted by atomic mass is 10.0. The first kappa shape index (κ1) is 25.3. The SMILES string of the molecule is CC=COC1=C(O)[C@@H](CC/C=C\CCCCCCCCCCCCCC)OC1=O. The first-order valence-electron chi connectivity index (χ1n) is 11.8. The van der Waals surface area contributed by atoms with Crippen LogP contribution < -0.4 is 0 Å². The summed E-state index contributed by atoms with van der Waals surface area (Å²) in [7, 11) is 0. The number of ether oxygens (including phenoxy) is 2. The third kappa shape index (κ3) is 11.8. The maximum Gasteiger partial charge on any atom is 0.378 e. The minimum Gasteiger partial charge on any atom is -0.505 e. The molecule has 1 aliphatic heterocycles. The van der Waals surface area contributed by atoms with Gasteiger partial charge in [0, 0.05) is 0 Å². The van der Waals surface area contributed by atoms with Crippen molar-refractivity contribution in [2.24, 2.45) is 0 Å². The van der Waals surface area contributed by atoms with Gasteiger partial charge in [0.25, 0.3) is 5.76 Å². The number of esters is 1. The molecular weight excluding hydrogens is 364 g/mol. The molecular formula is C25H42O4. The van der Waals surface area contributed by atoms with Gasteiger partial charge < -0.3 is 14.6 Å². The summed E-state index contributed by atoms with van der Waals surface area (Å²) >= 11 is 0. The van der Waals surface area contributed by atoms with Gasteiger partial charge in [-0.25, -0.2) is 4.79 Å². The minimum atomic E-state index is -0.592. The van der Waals surface area contributed by atoms with Gasteiger partial charge in [0.05, 0.1) is 6.26 Å². The standard InChI is InChI=1S/C25H42O4/c1-3-5-6-7-8-9-10-11-12-13-14-15-16-17-18-19-20-22-23(26)24(25(27)29-22)28-21-4-2/h4,17-18,21-22,26H,3,5-16,19-20H2,1-2H3/b18-17-,21-4?/t22-/m1/s1. The van der Waals surface area contributed by atoms with Crippen molar-refractivity contribution in [3.05, 3.63) is 36.0 Å². The monoisotopic (exact) mass is 406 g/mol. The number of hydrogen-bond acceptors (Lipinski definition) is 4. The van der Waals surface area contributed by atoms with Crippen LogP contribution in [0.15, 0.2) is 36.0 Å². The van der Waals surface area contributed by atoms with Crippen molar-refractivity contribution in [3.63, 3.8) is 0 Å². The maximum atomic E-state index is 11.7. The van der Waals surface area contributed by atoms with Crippen LogP contribution in [0, 0.1) is 0 Å². The van der Waals surface area contributed by atoms with Crippen LogP contribution in [-0.2, 0) is 14.3 Å². The molecule has 1 N–H and O–H groups in total. The number of hydrogen-bond donors (Lipinski definition) is 1. The fourth-order valence-corrected chi connectivity index (χ4v) is 3.52. The molecule has 0 spiro atoms. The van der Waals surface area contributed by atoms with E-state index in [4.69, 9.17) is 9.47 Å². The lowest BCUT2D eigenvalue weighted by molar-refractivity contribution is -0.142. The molecule has 0 aliphatic carbocycles. The number of carbonyl (C=O) groups excluding carboxylic acids is 1. The zero-order valence-corrected chi connectivity index (χ0v) is 18.7. The van der Waals surface area contributed by atoms with Crippen molar-refractivity contribution >= 4 is 5.97 Å². The molecule has 0 saturated carbocycles. The van der Waals surface area contributed by atoms with E-state index in [9.17, 15) is 9.90 Å². The van der Waals surface area contributed by atoms with E-state index in [0.717, 1.165) is 12.8 Å². The van der Waals surface area contributed by atoms with Gasteiger partial charge in [-0.1, -0.05) is 95.8 Å². The topological polar surface area (TPSA) is 55.8 Å². The molecule has 0 unspecified atom stereocenters. The Morgan fingerprint density at radius 1 is 0.897 bits per heavy atom. The Balaban J connectivity index is 1.95. The summed E-state index contributed by atoms with van der Waals surface area (Å²) in [6.07, 6.45) is 25.6. The van der Waals surface area contributed by atoms with Gasteiger partial charge in [-0.3, -0.25) is 0 Å². The molecule has 0 aromatic carbocycles. The number of carbonyl (C=O) groups is 1. The second-order valence-electron chi connectivity index (χ2n) is 7.92. The lowest BCUT2D eigenvalue weighted by Gasteiger charge is -2.07. The highest BCUT2D eigenvalue weighted by Crippen LogP contribution is 2.25. The van der Waals surface area contributed by atoms with Crippen LogP contribution in [0.1, 0.15) is 110 Å². The Morgan fingerprint density at radius 2 is 1.45 bits per heavy atom. The van der Waals surface area contributed by atoms with Gasteiger partial charge in [0.1, 0.15) is 0 Å². The zero-order valence-electron chi connectivity index (χ0n) is 18.7. The molecule has 4 heteroatoms. The fourth-order valence-electron chi connectivity index (χ4n) is 3.52. The van der Waals surface area contributed by atoms with Crippen LogP contribution in [0.3, 0.4) is 0 Å². The first-order chi connectivity index (χ1) is 14.2. The number of rotatable bonds is 18. The van der Waals surface area contributed by atoms with Gasteiger partial charge in [0.2, 0.25) is 0 Å². The van der Waals surface area contributed by atoms with E-state index >= 15 is 0 Å². The largest absolute Gasteiger partial charge is 0.505 e. The third-order valence-electron chi connectivity index (χ3n) is 5.28. The Kier molecular flexibility index (Phi) is 15.0. The molecule has 1 heterocycles. The highest BCUT2D eigenvalue weighted by atomic mass is 16.6. The minimum absolute atomic E-state index is 0.0893.